The van der Waals surface area contributed by atoms with Crippen LogP contribution in [-0.2, 0) is 14.3 Å². The molecule has 0 bridgehead atoms. The number of aryl methyl sites for hydroxylation is 1. The third-order valence-electron chi connectivity index (χ3n) is 9.63. The second-order valence-corrected chi connectivity index (χ2v) is 14.3. The number of aliphatic imine (C=N–C) groups is 1. The molecule has 2 fully saturated rings. The summed E-state index contributed by atoms with van der Waals surface area (Å²) in [6.07, 6.45) is 9.85. The standard InChI is InChI=1S/C36H48N4O5S.C2H6/c1-23(2)30-20-46-35(38-30)29-18-32(28-14-15-31(43-6)24(3)33(28)37-29)45-27-13-12-25(17-27)34(44-22-42)39-36(4)19-26(36)11-9-7-8-10-16-40(5)21-41;1-2/h14-15,18,20-23,25-27H,7-13,16-17,19H2,1-6H3;1-2H3/t25?,26-,27+,36?;/m1./s1. The molecule has 2 unspecified atom stereocenters. The van der Waals surface area contributed by atoms with Crippen LogP contribution >= 0.6 is 11.3 Å². The Labute approximate surface area is 290 Å². The van der Waals surface area contributed by atoms with Crippen LogP contribution in [0.15, 0.2) is 28.6 Å². The molecule has 2 aliphatic carbocycles. The number of ether oxygens (including phenoxy) is 3. The van der Waals surface area contributed by atoms with Crippen molar-refractivity contribution in [3.8, 4) is 22.2 Å². The van der Waals surface area contributed by atoms with Gasteiger partial charge in [-0.2, -0.15) is 0 Å². The summed E-state index contributed by atoms with van der Waals surface area (Å²) < 4.78 is 17.9. The lowest BCUT2D eigenvalue weighted by Crippen LogP contribution is -2.21. The molecule has 48 heavy (non-hydrogen) atoms. The van der Waals surface area contributed by atoms with Crippen LogP contribution in [0.5, 0.6) is 11.5 Å². The molecule has 2 saturated carbocycles. The third-order valence-corrected chi connectivity index (χ3v) is 10.5. The monoisotopic (exact) mass is 678 g/mol. The number of fused-ring (bicyclic) bond motifs is 1. The van der Waals surface area contributed by atoms with Crippen LogP contribution < -0.4 is 9.47 Å². The first-order chi connectivity index (χ1) is 23.1. The van der Waals surface area contributed by atoms with Crippen LogP contribution in [0.3, 0.4) is 0 Å². The van der Waals surface area contributed by atoms with Gasteiger partial charge in [0.25, 0.3) is 6.47 Å². The number of nitrogens with zero attached hydrogens (tertiary/aromatic N) is 4. The molecule has 0 spiro atoms. The SMILES string of the molecule is CC.COc1ccc2c(O[C@H]3CCC(C(=NC4(C)C[C@H]4CCCCCCN(C)C=O)OC=O)C3)cc(-c3nc(C(C)C)cs3)nc2c1C. The highest BCUT2D eigenvalue weighted by Gasteiger charge is 2.50. The van der Waals surface area contributed by atoms with Crippen molar-refractivity contribution in [1.29, 1.82) is 0 Å². The Morgan fingerprint density at radius 1 is 1.12 bits per heavy atom. The van der Waals surface area contributed by atoms with Gasteiger partial charge in [0.1, 0.15) is 22.2 Å². The number of aromatic nitrogens is 2. The topological polar surface area (TPSA) is 103 Å². The van der Waals surface area contributed by atoms with Crippen LogP contribution in [0.25, 0.3) is 21.6 Å². The molecule has 2 heterocycles. The molecule has 5 rings (SSSR count). The lowest BCUT2D eigenvalue weighted by atomic mass is 10.1. The van der Waals surface area contributed by atoms with E-state index in [4.69, 9.17) is 29.2 Å². The van der Waals surface area contributed by atoms with Crippen LogP contribution in [-0.4, -0.2) is 66.0 Å². The number of pyridine rings is 1. The van der Waals surface area contributed by atoms with E-state index in [-0.39, 0.29) is 17.6 Å². The highest BCUT2D eigenvalue weighted by Crippen LogP contribution is 2.50. The van der Waals surface area contributed by atoms with Crippen molar-refractivity contribution in [2.45, 2.75) is 117 Å². The summed E-state index contributed by atoms with van der Waals surface area (Å²) in [6.45, 7) is 13.8. The smallest absolute Gasteiger partial charge is 0.299 e. The Balaban J connectivity index is 0.00000255. The van der Waals surface area contributed by atoms with Gasteiger partial charge in [-0.15, -0.1) is 11.3 Å². The minimum Gasteiger partial charge on any atom is -0.496 e. The average molecular weight is 679 g/mol. The Kier molecular flexibility index (Phi) is 13.4. The van der Waals surface area contributed by atoms with Crippen molar-refractivity contribution >= 4 is 41.0 Å². The van der Waals surface area contributed by atoms with E-state index in [1.165, 1.54) is 0 Å². The predicted molar refractivity (Wildman–Crippen MR) is 194 cm³/mol. The number of hydrogen-bond donors (Lipinski definition) is 0. The van der Waals surface area contributed by atoms with Gasteiger partial charge < -0.3 is 19.1 Å². The highest BCUT2D eigenvalue weighted by atomic mass is 32.1. The molecule has 0 radical (unpaired) electrons. The number of hydrogen-bond acceptors (Lipinski definition) is 9. The van der Waals surface area contributed by atoms with Crippen molar-refractivity contribution < 1.29 is 23.8 Å². The number of rotatable bonds is 16. The zero-order valence-corrected chi connectivity index (χ0v) is 30.9. The number of carbonyl (C=O) groups excluding carboxylic acids is 2. The van der Waals surface area contributed by atoms with E-state index >= 15 is 0 Å². The van der Waals surface area contributed by atoms with Crippen LogP contribution in [0, 0.1) is 18.8 Å². The second kappa shape index (κ2) is 17.2. The van der Waals surface area contributed by atoms with Crippen molar-refractivity contribution in [2.24, 2.45) is 16.8 Å². The van der Waals surface area contributed by atoms with E-state index in [1.54, 1.807) is 23.3 Å². The molecule has 0 aliphatic heterocycles. The minimum absolute atomic E-state index is 0.0325. The Morgan fingerprint density at radius 2 is 1.90 bits per heavy atom. The molecular formula is C38H54N4O5S. The summed E-state index contributed by atoms with van der Waals surface area (Å²) in [5, 5.41) is 3.91. The number of thiazole rings is 1. The third kappa shape index (κ3) is 9.12. The lowest BCUT2D eigenvalue weighted by molar-refractivity contribution is -0.122. The van der Waals surface area contributed by atoms with Gasteiger partial charge in [0.2, 0.25) is 6.41 Å². The summed E-state index contributed by atoms with van der Waals surface area (Å²) in [5.74, 6) is 2.99. The fraction of sp³-hybridized carbons (Fsp3) is 0.605. The van der Waals surface area contributed by atoms with Gasteiger partial charge in [0.15, 0.2) is 5.90 Å². The number of carbonyl (C=O) groups is 2. The number of benzene rings is 1. The Hall–Kier alpha value is -3.53. The van der Waals surface area contributed by atoms with Crippen LogP contribution in [0.1, 0.15) is 110 Å². The van der Waals surface area contributed by atoms with Crippen LogP contribution in [0.4, 0.5) is 0 Å². The first kappa shape index (κ1) is 37.3. The Bertz CT molecular complexity index is 1560. The molecule has 10 heteroatoms. The summed E-state index contributed by atoms with van der Waals surface area (Å²) in [7, 11) is 3.49. The minimum atomic E-state index is -0.176. The maximum atomic E-state index is 11.5. The molecule has 0 N–H and O–H groups in total. The van der Waals surface area contributed by atoms with E-state index in [0.29, 0.717) is 24.2 Å². The highest BCUT2D eigenvalue weighted by molar-refractivity contribution is 7.13. The van der Waals surface area contributed by atoms with Gasteiger partial charge in [-0.3, -0.25) is 9.59 Å². The van der Waals surface area contributed by atoms with Gasteiger partial charge in [0, 0.05) is 41.9 Å². The van der Waals surface area contributed by atoms with E-state index in [0.717, 1.165) is 115 Å². The van der Waals surface area contributed by atoms with E-state index in [1.807, 2.05) is 46.0 Å². The van der Waals surface area contributed by atoms with E-state index in [9.17, 15) is 9.59 Å². The van der Waals surface area contributed by atoms with Crippen molar-refractivity contribution in [3.05, 3.63) is 34.8 Å². The fourth-order valence-corrected chi connectivity index (χ4v) is 7.53. The second-order valence-electron chi connectivity index (χ2n) is 13.5. The quantitative estimate of drug-likeness (QED) is 0.0646. The molecule has 1 aromatic carbocycles. The van der Waals surface area contributed by atoms with Gasteiger partial charge in [-0.25, -0.2) is 15.0 Å². The van der Waals surface area contributed by atoms with Gasteiger partial charge >= 0.3 is 0 Å². The lowest BCUT2D eigenvalue weighted by Gasteiger charge is -2.18. The van der Waals surface area contributed by atoms with Crippen molar-refractivity contribution in [2.75, 3.05) is 20.7 Å². The van der Waals surface area contributed by atoms with E-state index < -0.39 is 0 Å². The zero-order chi connectivity index (χ0) is 34.8. The molecule has 1 amide bonds. The van der Waals surface area contributed by atoms with E-state index in [2.05, 4.69) is 26.2 Å². The molecule has 2 aromatic heterocycles. The molecule has 3 aromatic rings. The molecule has 4 atom stereocenters. The largest absolute Gasteiger partial charge is 0.496 e. The van der Waals surface area contributed by atoms with Gasteiger partial charge in [0.05, 0.1) is 30.0 Å². The van der Waals surface area contributed by atoms with Crippen molar-refractivity contribution in [1.82, 2.24) is 14.9 Å². The summed E-state index contributed by atoms with van der Waals surface area (Å²) >= 11 is 1.60. The molecule has 2 aliphatic rings. The average Bonchev–Trinajstić information content (AvgIpc) is 3.43. The van der Waals surface area contributed by atoms with Crippen molar-refractivity contribution in [3.63, 3.8) is 0 Å². The molecule has 9 nitrogen and oxygen atoms in total. The van der Waals surface area contributed by atoms with Crippen LogP contribution in [0.2, 0.25) is 0 Å². The zero-order valence-electron chi connectivity index (χ0n) is 30.1. The number of amides is 1. The first-order valence-corrected chi connectivity index (χ1v) is 18.5. The molecule has 262 valence electrons. The fourth-order valence-electron chi connectivity index (χ4n) is 6.59. The molecule has 0 saturated heterocycles. The Morgan fingerprint density at radius 3 is 2.58 bits per heavy atom. The maximum Gasteiger partial charge on any atom is 0.299 e. The summed E-state index contributed by atoms with van der Waals surface area (Å²) in [6, 6.07) is 5.99. The number of unbranched alkanes of at least 4 members (excludes halogenated alkanes) is 3. The van der Waals surface area contributed by atoms with Gasteiger partial charge in [-0.05, 0) is 76.3 Å². The maximum absolute atomic E-state index is 11.5. The summed E-state index contributed by atoms with van der Waals surface area (Å²) in [5.41, 5.74) is 3.47. The molecular weight excluding hydrogens is 625 g/mol. The summed E-state index contributed by atoms with van der Waals surface area (Å²) in [4.78, 5) is 38.9. The first-order valence-electron chi connectivity index (χ1n) is 17.6. The van der Waals surface area contributed by atoms with Gasteiger partial charge in [-0.1, -0.05) is 47.0 Å². The normalized spacial score (nSPS) is 21.9. The number of methoxy groups -OCH3 is 1. The predicted octanol–water partition coefficient (Wildman–Crippen LogP) is 8.76.